The van der Waals surface area contributed by atoms with Crippen LogP contribution in [0.1, 0.15) is 61.8 Å². The SMILES string of the molecule is [C-]#[N+]c1ccc(N(c2ccc(C(C)C)cc2)c2ccc3ccc4c(N(c5ccc(C#N)cc5)c5ccc(C(C)C)cc5)ccc5ccc2c3c54)cc1.[C-]#[N+]c1ccc(N(c2ccc([Si](C)(C)C)cc2)c2ccc3ccc4c(N(c5ccc(C#N)cc5)c5ccc([Si](C)(C)C)cc5)ccc5ccc2c3c54)cc1. The standard InChI is InChI=1S/C48H42N4Si2.C48H38N4/c1-50-36-14-18-38(19-15-36)52(40-22-26-42(27-23-40)54(5,6)7)46-31-13-35-10-28-43-45(30-12-34-11-29-44(46)48(35)47(34)43)51(37-16-8-33(32-49)9-17-37)39-20-24-41(25-21-39)53(2,3)4;1-31(2)34-8-20-40(21-9-34)51(39-18-6-33(30-49)7-19-39)45-28-14-36-13-27-44-46(29-15-37-12-26-43(45)47(36)48(37)44)52(42-24-16-38(50-5)17-25-42)41-22-10-35(11-23-41)32(3)4/h8-31H,2-7H3;6-29,31-32H,1-4H3. The van der Waals surface area contributed by atoms with Gasteiger partial charge < -0.3 is 19.6 Å². The summed E-state index contributed by atoms with van der Waals surface area (Å²) in [5.74, 6) is 0.862. The molecule has 0 aliphatic rings. The molecule has 512 valence electrons. The molecule has 0 bridgehead atoms. The van der Waals surface area contributed by atoms with E-state index in [-0.39, 0.29) is 0 Å². The number of hydrogen-bond donors (Lipinski definition) is 0. The van der Waals surface area contributed by atoms with Gasteiger partial charge in [-0.1, -0.05) is 223 Å². The van der Waals surface area contributed by atoms with Gasteiger partial charge in [-0.15, -0.1) is 0 Å². The van der Waals surface area contributed by atoms with Crippen LogP contribution in [0.25, 0.3) is 74.3 Å². The zero-order valence-corrected chi connectivity index (χ0v) is 63.4. The van der Waals surface area contributed by atoms with Crippen molar-refractivity contribution in [2.75, 3.05) is 19.6 Å². The number of hydrogen-bond acceptors (Lipinski definition) is 6. The molecule has 0 unspecified atom stereocenters. The minimum Gasteiger partial charge on any atom is -0.310 e. The average Bonchev–Trinajstić information content (AvgIpc) is 0.724. The Hall–Kier alpha value is -12.8. The first kappa shape index (κ1) is 68.9. The zero-order valence-electron chi connectivity index (χ0n) is 61.4. The van der Waals surface area contributed by atoms with E-state index in [1.54, 1.807) is 0 Å². The molecule has 0 spiro atoms. The second-order valence-corrected chi connectivity index (χ2v) is 40.3. The van der Waals surface area contributed by atoms with Crippen LogP contribution < -0.4 is 30.0 Å². The summed E-state index contributed by atoms with van der Waals surface area (Å²) in [6.07, 6.45) is 0. The molecule has 0 radical (unpaired) electrons. The van der Waals surface area contributed by atoms with Gasteiger partial charge in [0.1, 0.15) is 0 Å². The minimum absolute atomic E-state index is 0.430. The van der Waals surface area contributed by atoms with Gasteiger partial charge in [-0.2, -0.15) is 10.5 Å². The Morgan fingerprint density at radius 1 is 0.274 bits per heavy atom. The van der Waals surface area contributed by atoms with E-state index in [1.165, 1.54) is 64.6 Å². The Kier molecular flexibility index (Phi) is 18.3. The monoisotopic (exact) mass is 1400 g/mol. The maximum atomic E-state index is 9.61. The predicted molar refractivity (Wildman–Crippen MR) is 455 cm³/mol. The Bertz CT molecular complexity index is 5730. The molecule has 0 atom stereocenters. The normalized spacial score (nSPS) is 11.6. The van der Waals surface area contributed by atoms with Gasteiger partial charge >= 0.3 is 0 Å². The molecule has 0 aliphatic heterocycles. The van der Waals surface area contributed by atoms with Gasteiger partial charge in [0.15, 0.2) is 11.4 Å². The molecule has 10 heteroatoms. The summed E-state index contributed by atoms with van der Waals surface area (Å²) in [6.45, 7) is 38.2. The molecule has 0 aliphatic carbocycles. The molecule has 0 aromatic heterocycles. The fraction of sp³-hybridized carbons (Fsp3) is 0.125. The summed E-state index contributed by atoms with van der Waals surface area (Å²) < 4.78 is 0. The molecule has 0 saturated heterocycles. The smallest absolute Gasteiger partial charge is 0.187 e. The molecular weight excluding hydrogens is 1320 g/mol. The Morgan fingerprint density at radius 2 is 0.481 bits per heavy atom. The van der Waals surface area contributed by atoms with Crippen LogP contribution in [0.3, 0.4) is 0 Å². The van der Waals surface area contributed by atoms with Gasteiger partial charge in [-0.25, -0.2) is 9.69 Å². The quantitative estimate of drug-likeness (QED) is 0.0545. The summed E-state index contributed by atoms with van der Waals surface area (Å²) >= 11 is 0. The van der Waals surface area contributed by atoms with E-state index < -0.39 is 16.1 Å². The minimum atomic E-state index is -1.50. The number of nitriles is 2. The number of benzene rings is 16. The van der Waals surface area contributed by atoms with Gasteiger partial charge in [0, 0.05) is 67.0 Å². The van der Waals surface area contributed by atoms with Crippen molar-refractivity contribution in [2.24, 2.45) is 0 Å². The van der Waals surface area contributed by atoms with Gasteiger partial charge in [-0.05, 0) is 212 Å². The highest BCUT2D eigenvalue weighted by atomic mass is 28.3. The summed E-state index contributed by atoms with van der Waals surface area (Å²) in [5.41, 5.74) is 17.7. The van der Waals surface area contributed by atoms with Crippen molar-refractivity contribution in [1.29, 1.82) is 10.5 Å². The summed E-state index contributed by atoms with van der Waals surface area (Å²) in [7, 11) is -3.00. The molecule has 8 nitrogen and oxygen atoms in total. The summed E-state index contributed by atoms with van der Waals surface area (Å²) in [6, 6.07) is 108. The van der Waals surface area contributed by atoms with E-state index in [0.29, 0.717) is 34.3 Å². The fourth-order valence-corrected chi connectivity index (χ4v) is 17.3. The molecule has 0 saturated carbocycles. The lowest BCUT2D eigenvalue weighted by atomic mass is 9.91. The first-order valence-corrected chi connectivity index (χ1v) is 43.3. The predicted octanol–water partition coefficient (Wildman–Crippen LogP) is 27.2. The van der Waals surface area contributed by atoms with Crippen molar-refractivity contribution in [1.82, 2.24) is 0 Å². The largest absolute Gasteiger partial charge is 0.310 e. The Balaban J connectivity index is 0.000000170. The van der Waals surface area contributed by atoms with E-state index in [2.05, 4.69) is 315 Å². The lowest BCUT2D eigenvalue weighted by molar-refractivity contribution is 0.866. The summed E-state index contributed by atoms with van der Waals surface area (Å²) in [5, 5.41) is 36.2. The third-order valence-electron chi connectivity index (χ3n) is 20.8. The van der Waals surface area contributed by atoms with Crippen molar-refractivity contribution in [3.8, 4) is 12.1 Å². The van der Waals surface area contributed by atoms with Crippen LogP contribution in [-0.2, 0) is 0 Å². The second kappa shape index (κ2) is 28.1. The van der Waals surface area contributed by atoms with E-state index in [4.69, 9.17) is 13.1 Å². The van der Waals surface area contributed by atoms with E-state index >= 15 is 0 Å². The highest BCUT2D eigenvalue weighted by Crippen LogP contribution is 2.51. The van der Waals surface area contributed by atoms with Crippen molar-refractivity contribution in [3.05, 3.63) is 336 Å². The lowest BCUT2D eigenvalue weighted by Crippen LogP contribution is -2.37. The van der Waals surface area contributed by atoms with Crippen LogP contribution in [0.4, 0.5) is 79.6 Å². The molecular formula is C96H80N8Si2. The molecule has 16 aromatic rings. The highest BCUT2D eigenvalue weighted by Gasteiger charge is 2.27. The van der Waals surface area contributed by atoms with Crippen LogP contribution in [-0.4, -0.2) is 16.1 Å². The van der Waals surface area contributed by atoms with E-state index in [1.807, 2.05) is 84.9 Å². The maximum Gasteiger partial charge on any atom is 0.187 e. The Labute approximate surface area is 624 Å². The van der Waals surface area contributed by atoms with Crippen molar-refractivity contribution in [3.63, 3.8) is 0 Å². The molecule has 0 heterocycles. The first-order valence-electron chi connectivity index (χ1n) is 36.3. The molecule has 16 aromatic carbocycles. The van der Waals surface area contributed by atoms with Crippen LogP contribution in [0.2, 0.25) is 39.3 Å². The maximum absolute atomic E-state index is 9.61. The Morgan fingerprint density at radius 3 is 0.689 bits per heavy atom. The van der Waals surface area contributed by atoms with Crippen LogP contribution >= 0.6 is 0 Å². The topological polar surface area (TPSA) is 69.3 Å². The molecule has 0 amide bonds. The lowest BCUT2D eigenvalue weighted by Gasteiger charge is -2.30. The van der Waals surface area contributed by atoms with Gasteiger partial charge in [0.2, 0.25) is 0 Å². The van der Waals surface area contributed by atoms with Crippen molar-refractivity contribution >= 4 is 171 Å². The zero-order chi connectivity index (χ0) is 73.7. The molecule has 16 rings (SSSR count). The second-order valence-electron chi connectivity index (χ2n) is 30.2. The third-order valence-corrected chi connectivity index (χ3v) is 24.9. The van der Waals surface area contributed by atoms with Gasteiger partial charge in [0.05, 0.1) is 75.3 Å². The average molecular weight is 1400 g/mol. The van der Waals surface area contributed by atoms with Crippen LogP contribution in [0, 0.1) is 35.8 Å². The summed E-state index contributed by atoms with van der Waals surface area (Å²) in [4.78, 5) is 16.6. The first-order chi connectivity index (χ1) is 51.3. The fourth-order valence-electron chi connectivity index (χ4n) is 15.0. The van der Waals surface area contributed by atoms with Crippen molar-refractivity contribution < 1.29 is 0 Å². The van der Waals surface area contributed by atoms with Gasteiger partial charge in [-0.3, -0.25) is 0 Å². The van der Waals surface area contributed by atoms with Crippen LogP contribution in [0.5, 0.6) is 0 Å². The van der Waals surface area contributed by atoms with Gasteiger partial charge in [0.25, 0.3) is 0 Å². The molecule has 0 fully saturated rings. The molecule has 106 heavy (non-hydrogen) atoms. The molecule has 0 N–H and O–H groups in total. The number of rotatable bonds is 16. The number of anilines is 12. The van der Waals surface area contributed by atoms with Crippen molar-refractivity contribution in [2.45, 2.75) is 78.8 Å². The third kappa shape index (κ3) is 13.0. The van der Waals surface area contributed by atoms with E-state index in [0.717, 1.165) is 89.8 Å². The highest BCUT2D eigenvalue weighted by molar-refractivity contribution is 6.89. The van der Waals surface area contributed by atoms with E-state index in [9.17, 15) is 10.5 Å². The number of nitrogens with zero attached hydrogens (tertiary/aromatic N) is 8. The van der Waals surface area contributed by atoms with Crippen LogP contribution in [0.15, 0.2) is 291 Å².